The molecule has 0 aliphatic rings. The number of hydrogen-bond donors (Lipinski definition) is 1. The Balaban J connectivity index is 1.86. The number of rotatable bonds is 7. The average molecular weight is 271 g/mol. The van der Waals surface area contributed by atoms with Gasteiger partial charge in [-0.2, -0.15) is 4.98 Å². The van der Waals surface area contributed by atoms with E-state index in [4.69, 9.17) is 4.74 Å². The van der Waals surface area contributed by atoms with Gasteiger partial charge in [0.15, 0.2) is 0 Å². The van der Waals surface area contributed by atoms with Gasteiger partial charge in [-0.05, 0) is 30.9 Å². The number of aromatic nitrogens is 2. The van der Waals surface area contributed by atoms with Gasteiger partial charge in [0.2, 0.25) is 11.8 Å². The van der Waals surface area contributed by atoms with E-state index in [2.05, 4.69) is 53.4 Å². The predicted octanol–water partition coefficient (Wildman–Crippen LogP) is 3.23. The molecule has 0 saturated heterocycles. The van der Waals surface area contributed by atoms with E-state index < -0.39 is 0 Å². The van der Waals surface area contributed by atoms with Gasteiger partial charge < -0.3 is 10.1 Å². The summed E-state index contributed by atoms with van der Waals surface area (Å²) in [5.74, 6) is 1.24. The third-order valence-electron chi connectivity index (χ3n) is 3.02. The molecule has 1 aromatic heterocycles. The summed E-state index contributed by atoms with van der Waals surface area (Å²) in [7, 11) is 0. The van der Waals surface area contributed by atoms with Crippen molar-refractivity contribution in [2.45, 2.75) is 26.7 Å². The molecule has 1 N–H and O–H groups in total. The topological polar surface area (TPSA) is 47.0 Å². The maximum absolute atomic E-state index is 5.49. The van der Waals surface area contributed by atoms with Crippen molar-refractivity contribution in [3.8, 4) is 5.88 Å². The zero-order valence-electron chi connectivity index (χ0n) is 12.1. The van der Waals surface area contributed by atoms with Crippen LogP contribution in [0.25, 0.3) is 0 Å². The molecular weight excluding hydrogens is 250 g/mol. The number of aryl methyl sites for hydroxylation is 1. The molecule has 0 unspecified atom stereocenters. The standard InChI is InChI=1S/C16H21N3O/c1-3-12-20-15-9-11-18-16(19-15)17-10-8-14-7-5-4-6-13(14)2/h4-7,9,11H,3,8,10,12H2,1-2H3,(H,17,18,19). The Hall–Kier alpha value is -2.10. The summed E-state index contributed by atoms with van der Waals surface area (Å²) in [6, 6.07) is 10.2. The van der Waals surface area contributed by atoms with Crippen molar-refractivity contribution >= 4 is 5.95 Å². The van der Waals surface area contributed by atoms with E-state index in [9.17, 15) is 0 Å². The molecular formula is C16H21N3O. The summed E-state index contributed by atoms with van der Waals surface area (Å²) in [4.78, 5) is 8.52. The highest BCUT2D eigenvalue weighted by molar-refractivity contribution is 5.30. The summed E-state index contributed by atoms with van der Waals surface area (Å²) < 4.78 is 5.49. The van der Waals surface area contributed by atoms with E-state index in [-0.39, 0.29) is 0 Å². The van der Waals surface area contributed by atoms with Gasteiger partial charge >= 0.3 is 0 Å². The maximum atomic E-state index is 5.49. The molecule has 20 heavy (non-hydrogen) atoms. The molecule has 0 radical (unpaired) electrons. The largest absolute Gasteiger partial charge is 0.478 e. The van der Waals surface area contributed by atoms with Crippen LogP contribution in [0.3, 0.4) is 0 Å². The van der Waals surface area contributed by atoms with Gasteiger partial charge in [-0.25, -0.2) is 4.98 Å². The minimum Gasteiger partial charge on any atom is -0.478 e. The lowest BCUT2D eigenvalue weighted by Gasteiger charge is -2.08. The Kier molecular flexibility index (Phi) is 5.35. The third kappa shape index (κ3) is 4.23. The van der Waals surface area contributed by atoms with Crippen LogP contribution in [0.5, 0.6) is 5.88 Å². The van der Waals surface area contributed by atoms with E-state index in [1.165, 1.54) is 11.1 Å². The van der Waals surface area contributed by atoms with Crippen LogP contribution in [0.1, 0.15) is 24.5 Å². The minimum atomic E-state index is 0.618. The summed E-state index contributed by atoms with van der Waals surface area (Å²) in [6.07, 6.45) is 3.64. The number of benzene rings is 1. The first-order valence-corrected chi connectivity index (χ1v) is 7.04. The smallest absolute Gasteiger partial charge is 0.225 e. The van der Waals surface area contributed by atoms with E-state index in [0.29, 0.717) is 18.4 Å². The van der Waals surface area contributed by atoms with Crippen LogP contribution in [0.4, 0.5) is 5.95 Å². The molecule has 1 aromatic carbocycles. The fourth-order valence-corrected chi connectivity index (χ4v) is 1.91. The van der Waals surface area contributed by atoms with E-state index in [1.807, 2.05) is 0 Å². The molecule has 0 aliphatic heterocycles. The van der Waals surface area contributed by atoms with Crippen LogP contribution >= 0.6 is 0 Å². The Morgan fingerprint density at radius 3 is 2.85 bits per heavy atom. The number of hydrogen-bond acceptors (Lipinski definition) is 4. The molecule has 2 aromatic rings. The fourth-order valence-electron chi connectivity index (χ4n) is 1.91. The van der Waals surface area contributed by atoms with Crippen molar-refractivity contribution < 1.29 is 4.74 Å². The zero-order valence-corrected chi connectivity index (χ0v) is 12.1. The highest BCUT2D eigenvalue weighted by Crippen LogP contribution is 2.10. The molecule has 0 fully saturated rings. The van der Waals surface area contributed by atoms with Gasteiger partial charge in [0.05, 0.1) is 6.61 Å². The monoisotopic (exact) mass is 271 g/mol. The summed E-state index contributed by atoms with van der Waals surface area (Å²) >= 11 is 0. The second-order valence-corrected chi connectivity index (χ2v) is 4.67. The van der Waals surface area contributed by atoms with Crippen LogP contribution in [0.15, 0.2) is 36.5 Å². The molecule has 0 atom stereocenters. The number of anilines is 1. The summed E-state index contributed by atoms with van der Waals surface area (Å²) in [5, 5.41) is 3.23. The quantitative estimate of drug-likeness (QED) is 0.840. The number of nitrogens with zero attached hydrogens (tertiary/aromatic N) is 2. The van der Waals surface area contributed by atoms with Crippen molar-refractivity contribution in [1.82, 2.24) is 9.97 Å². The van der Waals surface area contributed by atoms with Gasteiger partial charge in [0.25, 0.3) is 0 Å². The van der Waals surface area contributed by atoms with Crippen molar-refractivity contribution in [2.24, 2.45) is 0 Å². The second kappa shape index (κ2) is 7.48. The van der Waals surface area contributed by atoms with E-state index in [0.717, 1.165) is 19.4 Å². The van der Waals surface area contributed by atoms with Gasteiger partial charge in [-0.15, -0.1) is 0 Å². The minimum absolute atomic E-state index is 0.618. The lowest BCUT2D eigenvalue weighted by Crippen LogP contribution is -2.09. The van der Waals surface area contributed by atoms with Crippen LogP contribution in [0, 0.1) is 6.92 Å². The van der Waals surface area contributed by atoms with Crippen molar-refractivity contribution in [1.29, 1.82) is 0 Å². The lowest BCUT2D eigenvalue weighted by atomic mass is 10.1. The first-order chi connectivity index (χ1) is 9.79. The van der Waals surface area contributed by atoms with E-state index >= 15 is 0 Å². The number of ether oxygens (including phenoxy) is 1. The average Bonchev–Trinajstić information content (AvgIpc) is 2.48. The maximum Gasteiger partial charge on any atom is 0.225 e. The molecule has 0 spiro atoms. The molecule has 4 heteroatoms. The van der Waals surface area contributed by atoms with Gasteiger partial charge in [-0.1, -0.05) is 31.2 Å². The first kappa shape index (κ1) is 14.3. The Bertz CT molecular complexity index is 543. The van der Waals surface area contributed by atoms with Gasteiger partial charge in [0, 0.05) is 18.8 Å². The lowest BCUT2D eigenvalue weighted by molar-refractivity contribution is 0.305. The predicted molar refractivity (Wildman–Crippen MR) is 81.2 cm³/mol. The first-order valence-electron chi connectivity index (χ1n) is 7.04. The molecule has 106 valence electrons. The third-order valence-corrected chi connectivity index (χ3v) is 3.02. The molecule has 4 nitrogen and oxygen atoms in total. The molecule has 0 bridgehead atoms. The fraction of sp³-hybridized carbons (Fsp3) is 0.375. The summed E-state index contributed by atoms with van der Waals surface area (Å²) in [6.45, 7) is 5.69. The van der Waals surface area contributed by atoms with Crippen molar-refractivity contribution in [3.05, 3.63) is 47.7 Å². The highest BCUT2D eigenvalue weighted by atomic mass is 16.5. The molecule has 2 rings (SSSR count). The normalized spacial score (nSPS) is 10.3. The highest BCUT2D eigenvalue weighted by Gasteiger charge is 2.01. The van der Waals surface area contributed by atoms with Crippen LogP contribution in [-0.4, -0.2) is 23.1 Å². The Morgan fingerprint density at radius 2 is 2.05 bits per heavy atom. The molecule has 1 heterocycles. The van der Waals surface area contributed by atoms with Crippen LogP contribution in [-0.2, 0) is 6.42 Å². The van der Waals surface area contributed by atoms with Gasteiger partial charge in [-0.3, -0.25) is 0 Å². The SMILES string of the molecule is CCCOc1ccnc(NCCc2ccccc2C)n1. The van der Waals surface area contributed by atoms with Crippen LogP contribution < -0.4 is 10.1 Å². The Morgan fingerprint density at radius 1 is 1.20 bits per heavy atom. The zero-order chi connectivity index (χ0) is 14.2. The van der Waals surface area contributed by atoms with Crippen molar-refractivity contribution in [3.63, 3.8) is 0 Å². The Labute approximate surface area is 120 Å². The van der Waals surface area contributed by atoms with Crippen LogP contribution in [0.2, 0.25) is 0 Å². The molecule has 0 aliphatic carbocycles. The van der Waals surface area contributed by atoms with Gasteiger partial charge in [0.1, 0.15) is 0 Å². The van der Waals surface area contributed by atoms with E-state index in [1.54, 1.807) is 12.3 Å². The van der Waals surface area contributed by atoms with Crippen molar-refractivity contribution in [2.75, 3.05) is 18.5 Å². The molecule has 0 amide bonds. The molecule has 0 saturated carbocycles. The number of nitrogens with one attached hydrogen (secondary N) is 1. The summed E-state index contributed by atoms with van der Waals surface area (Å²) in [5.41, 5.74) is 2.66. The second-order valence-electron chi connectivity index (χ2n) is 4.67.